The second kappa shape index (κ2) is 9.90. The Morgan fingerprint density at radius 1 is 1.00 bits per heavy atom. The molecule has 0 aliphatic carbocycles. The fraction of sp³-hybridized carbons (Fsp3) is 0.346. The average molecular weight is 448 g/mol. The smallest absolute Gasteiger partial charge is 0.319 e. The van der Waals surface area contributed by atoms with E-state index in [0.717, 1.165) is 34.5 Å². The molecule has 1 aromatic heterocycles. The number of rotatable bonds is 6. The molecule has 0 unspecified atom stereocenters. The number of hydrogen-bond donors (Lipinski definition) is 3. The van der Waals surface area contributed by atoms with Crippen LogP contribution in [0.4, 0.5) is 16.3 Å². The van der Waals surface area contributed by atoms with Crippen LogP contribution in [0.1, 0.15) is 50.1 Å². The Morgan fingerprint density at radius 2 is 1.76 bits per heavy atom. The lowest BCUT2D eigenvalue weighted by Crippen LogP contribution is -2.36. The third-order valence-electron chi connectivity index (χ3n) is 5.33. The molecule has 0 bridgehead atoms. The maximum Gasteiger partial charge on any atom is 0.319 e. The first-order chi connectivity index (χ1) is 15.6. The Morgan fingerprint density at radius 3 is 2.42 bits per heavy atom. The topological polar surface area (TPSA) is 88.1 Å². The van der Waals surface area contributed by atoms with Crippen LogP contribution in [-0.2, 0) is 16.6 Å². The van der Waals surface area contributed by atoms with Crippen LogP contribution in [0, 0.1) is 13.8 Å². The number of anilines is 2. The van der Waals surface area contributed by atoms with E-state index in [0.29, 0.717) is 11.5 Å². The van der Waals surface area contributed by atoms with Gasteiger partial charge in [0.2, 0.25) is 5.91 Å². The van der Waals surface area contributed by atoms with Crippen LogP contribution < -0.4 is 16.0 Å². The lowest BCUT2D eigenvalue weighted by molar-refractivity contribution is -0.115. The maximum atomic E-state index is 12.7. The van der Waals surface area contributed by atoms with Crippen molar-refractivity contribution in [1.82, 2.24) is 15.1 Å². The van der Waals surface area contributed by atoms with Gasteiger partial charge in [-0.25, -0.2) is 9.48 Å². The van der Waals surface area contributed by atoms with Crippen molar-refractivity contribution in [3.8, 4) is 5.69 Å². The van der Waals surface area contributed by atoms with Crippen molar-refractivity contribution < 1.29 is 9.59 Å². The molecule has 174 valence electrons. The van der Waals surface area contributed by atoms with Gasteiger partial charge in [0.05, 0.1) is 17.9 Å². The highest BCUT2D eigenvalue weighted by atomic mass is 16.2. The zero-order valence-electron chi connectivity index (χ0n) is 20.2. The first-order valence-electron chi connectivity index (χ1n) is 11.2. The third-order valence-corrected chi connectivity index (χ3v) is 5.33. The van der Waals surface area contributed by atoms with Crippen LogP contribution in [0.25, 0.3) is 5.69 Å². The number of hydrogen-bond acceptors (Lipinski definition) is 3. The number of amides is 3. The molecule has 3 aromatic rings. The molecule has 7 nitrogen and oxygen atoms in total. The van der Waals surface area contributed by atoms with E-state index in [9.17, 15) is 9.59 Å². The number of carbonyl (C=O) groups excluding carboxylic acids is 2. The Balaban J connectivity index is 1.71. The molecule has 2 aromatic carbocycles. The molecule has 0 saturated carbocycles. The zero-order valence-corrected chi connectivity index (χ0v) is 20.2. The lowest BCUT2D eigenvalue weighted by atomic mass is 9.92. The van der Waals surface area contributed by atoms with Crippen LogP contribution in [0.2, 0.25) is 0 Å². The van der Waals surface area contributed by atoms with Crippen molar-refractivity contribution >= 4 is 23.4 Å². The molecule has 0 atom stereocenters. The predicted octanol–water partition coefficient (Wildman–Crippen LogP) is 5.11. The van der Waals surface area contributed by atoms with Crippen molar-refractivity contribution in [2.45, 2.75) is 53.4 Å². The fourth-order valence-corrected chi connectivity index (χ4v) is 3.46. The molecular formula is C26H33N5O2. The summed E-state index contributed by atoms with van der Waals surface area (Å²) < 4.78 is 1.75. The van der Waals surface area contributed by atoms with Crippen LogP contribution in [0.15, 0.2) is 48.5 Å². The van der Waals surface area contributed by atoms with Crippen LogP contribution in [0.5, 0.6) is 0 Å². The minimum absolute atomic E-state index is 0.164. The predicted molar refractivity (Wildman–Crippen MR) is 133 cm³/mol. The maximum absolute atomic E-state index is 12.7. The molecular weight excluding hydrogens is 414 g/mol. The van der Waals surface area contributed by atoms with Crippen LogP contribution in [-0.4, -0.2) is 28.3 Å². The number of carbonyl (C=O) groups is 2. The molecule has 3 rings (SSSR count). The second-order valence-electron chi connectivity index (χ2n) is 9.28. The summed E-state index contributed by atoms with van der Waals surface area (Å²) in [6.45, 7) is 12.2. The van der Waals surface area contributed by atoms with Gasteiger partial charge in [0, 0.05) is 17.2 Å². The highest BCUT2D eigenvalue weighted by Crippen LogP contribution is 2.27. The zero-order chi connectivity index (χ0) is 24.2. The second-order valence-corrected chi connectivity index (χ2v) is 9.28. The minimum Gasteiger partial charge on any atom is -0.329 e. The van der Waals surface area contributed by atoms with E-state index >= 15 is 0 Å². The molecule has 33 heavy (non-hydrogen) atoms. The summed E-state index contributed by atoms with van der Waals surface area (Å²) in [5.41, 5.74) is 5.60. The molecule has 1 heterocycles. The van der Waals surface area contributed by atoms with Gasteiger partial charge in [0.25, 0.3) is 0 Å². The van der Waals surface area contributed by atoms with E-state index in [1.54, 1.807) is 4.68 Å². The average Bonchev–Trinajstić information content (AvgIpc) is 3.16. The van der Waals surface area contributed by atoms with Crippen molar-refractivity contribution in [2.75, 3.05) is 17.2 Å². The standard InChI is InChI=1S/C26H33N5O2/c1-7-19-9-8-10-20(14-19)28-25(33)27-16-24(32)29-23-15-22(26(4,5)6)30-31(23)21-12-11-17(2)13-18(21)3/h8-15H,7,16H2,1-6H3,(H,29,32)(H2,27,28,33). The largest absolute Gasteiger partial charge is 0.329 e. The number of urea groups is 1. The first kappa shape index (κ1) is 24.0. The highest BCUT2D eigenvalue weighted by Gasteiger charge is 2.22. The number of nitrogens with zero attached hydrogens (tertiary/aromatic N) is 2. The molecule has 0 spiro atoms. The van der Waals surface area contributed by atoms with Gasteiger partial charge in [-0.15, -0.1) is 0 Å². The van der Waals surface area contributed by atoms with Gasteiger partial charge in [-0.2, -0.15) is 5.10 Å². The Labute approximate surface area is 195 Å². The first-order valence-corrected chi connectivity index (χ1v) is 11.2. The van der Waals surface area contributed by atoms with Crippen molar-refractivity contribution in [1.29, 1.82) is 0 Å². The summed E-state index contributed by atoms with van der Waals surface area (Å²) >= 11 is 0. The summed E-state index contributed by atoms with van der Waals surface area (Å²) in [7, 11) is 0. The molecule has 0 saturated heterocycles. The molecule has 3 N–H and O–H groups in total. The van der Waals surface area contributed by atoms with Gasteiger partial charge < -0.3 is 16.0 Å². The van der Waals surface area contributed by atoms with E-state index in [1.165, 1.54) is 0 Å². The molecule has 3 amide bonds. The quantitative estimate of drug-likeness (QED) is 0.491. The lowest BCUT2D eigenvalue weighted by Gasteiger charge is -2.14. The highest BCUT2D eigenvalue weighted by molar-refractivity contribution is 5.96. The number of aromatic nitrogens is 2. The summed E-state index contributed by atoms with van der Waals surface area (Å²) in [5, 5.41) is 13.0. The van der Waals surface area contributed by atoms with Gasteiger partial charge >= 0.3 is 6.03 Å². The Hall–Kier alpha value is -3.61. The SMILES string of the molecule is CCc1cccc(NC(=O)NCC(=O)Nc2cc(C(C)(C)C)nn2-c2ccc(C)cc2C)c1. The molecule has 0 aliphatic rings. The van der Waals surface area contributed by atoms with Crippen LogP contribution in [0.3, 0.4) is 0 Å². The Kier molecular flexibility index (Phi) is 7.21. The van der Waals surface area contributed by atoms with Gasteiger partial charge in [0.1, 0.15) is 5.82 Å². The molecule has 0 aliphatic heterocycles. The van der Waals surface area contributed by atoms with Crippen molar-refractivity contribution in [3.63, 3.8) is 0 Å². The molecule has 0 fully saturated rings. The normalized spacial score (nSPS) is 11.2. The summed E-state index contributed by atoms with van der Waals surface area (Å²) in [6.07, 6.45) is 0.879. The third kappa shape index (κ3) is 6.22. The van der Waals surface area contributed by atoms with E-state index in [2.05, 4.69) is 49.7 Å². The summed E-state index contributed by atoms with van der Waals surface area (Å²) in [6, 6.07) is 15.2. The number of benzene rings is 2. The van der Waals surface area contributed by atoms with Gasteiger partial charge in [0.15, 0.2) is 0 Å². The van der Waals surface area contributed by atoms with E-state index in [4.69, 9.17) is 5.10 Å². The monoisotopic (exact) mass is 447 g/mol. The number of aryl methyl sites for hydroxylation is 3. The fourth-order valence-electron chi connectivity index (χ4n) is 3.46. The summed E-state index contributed by atoms with van der Waals surface area (Å²) in [4.78, 5) is 24.9. The van der Waals surface area contributed by atoms with Crippen LogP contribution >= 0.6 is 0 Å². The Bertz CT molecular complexity index is 1160. The van der Waals surface area contributed by atoms with E-state index in [1.807, 2.05) is 56.3 Å². The molecule has 0 radical (unpaired) electrons. The summed E-state index contributed by atoms with van der Waals surface area (Å²) in [5.74, 6) is 0.230. The van der Waals surface area contributed by atoms with Gasteiger partial charge in [-0.1, -0.05) is 57.5 Å². The van der Waals surface area contributed by atoms with Crippen molar-refractivity contribution in [3.05, 3.63) is 70.9 Å². The van der Waals surface area contributed by atoms with E-state index in [-0.39, 0.29) is 17.9 Å². The van der Waals surface area contributed by atoms with Crippen molar-refractivity contribution in [2.24, 2.45) is 0 Å². The number of nitrogens with one attached hydrogen (secondary N) is 3. The molecule has 7 heteroatoms. The van der Waals surface area contributed by atoms with E-state index < -0.39 is 6.03 Å². The van der Waals surface area contributed by atoms with Gasteiger partial charge in [-0.3, -0.25) is 4.79 Å². The van der Waals surface area contributed by atoms with Gasteiger partial charge in [-0.05, 0) is 49.6 Å². The minimum atomic E-state index is -0.434.